The summed E-state index contributed by atoms with van der Waals surface area (Å²) in [6.45, 7) is 0.496. The summed E-state index contributed by atoms with van der Waals surface area (Å²) >= 11 is 0. The third-order valence-electron chi connectivity index (χ3n) is 2.45. The zero-order valence-electron chi connectivity index (χ0n) is 9.18. The molecule has 0 aliphatic carbocycles. The molecule has 82 valence electrons. The molecule has 0 amide bonds. The molecule has 0 bridgehead atoms. The van der Waals surface area contributed by atoms with E-state index in [1.54, 1.807) is 13.3 Å². The molecule has 0 aliphatic rings. The molecule has 3 nitrogen and oxygen atoms in total. The molecule has 2 N–H and O–H groups in total. The predicted molar refractivity (Wildman–Crippen MR) is 64.1 cm³/mol. The molecule has 0 spiro atoms. The van der Waals surface area contributed by atoms with Crippen molar-refractivity contribution in [1.82, 2.24) is 4.98 Å². The Morgan fingerprint density at radius 2 is 2.06 bits per heavy atom. The Morgan fingerprint density at radius 3 is 2.81 bits per heavy atom. The van der Waals surface area contributed by atoms with Gasteiger partial charge in [-0.15, -0.1) is 0 Å². The number of nitrogens with two attached hydrogens (primary N) is 1. The van der Waals surface area contributed by atoms with E-state index in [9.17, 15) is 0 Å². The summed E-state index contributed by atoms with van der Waals surface area (Å²) in [7, 11) is 1.67. The summed E-state index contributed by atoms with van der Waals surface area (Å²) in [5.74, 6) is 0.846. The Bertz CT molecular complexity index is 483. The normalized spacial score (nSPS) is 10.1. The van der Waals surface area contributed by atoms with Gasteiger partial charge in [-0.05, 0) is 17.7 Å². The van der Waals surface area contributed by atoms with Crippen molar-refractivity contribution in [3.05, 3.63) is 48.3 Å². The minimum absolute atomic E-state index is 0.496. The van der Waals surface area contributed by atoms with Crippen LogP contribution in [0.2, 0.25) is 0 Å². The number of pyridine rings is 1. The number of methoxy groups -OCH3 is 1. The third-order valence-corrected chi connectivity index (χ3v) is 2.45. The van der Waals surface area contributed by atoms with Crippen molar-refractivity contribution in [1.29, 1.82) is 0 Å². The lowest BCUT2D eigenvalue weighted by Gasteiger charge is -2.08. The number of hydrogen-bond acceptors (Lipinski definition) is 3. The lowest BCUT2D eigenvalue weighted by molar-refractivity contribution is 0.416. The van der Waals surface area contributed by atoms with Crippen molar-refractivity contribution in [2.24, 2.45) is 5.73 Å². The van der Waals surface area contributed by atoms with Crippen LogP contribution in [0.4, 0.5) is 0 Å². The molecule has 3 heteroatoms. The van der Waals surface area contributed by atoms with Gasteiger partial charge in [0.05, 0.1) is 7.11 Å². The molecular weight excluding hydrogens is 200 g/mol. The van der Waals surface area contributed by atoms with E-state index in [1.807, 2.05) is 36.5 Å². The van der Waals surface area contributed by atoms with Crippen LogP contribution in [0, 0.1) is 0 Å². The fraction of sp³-hybridized carbons (Fsp3) is 0.154. The highest BCUT2D eigenvalue weighted by Crippen LogP contribution is 2.29. The van der Waals surface area contributed by atoms with Crippen LogP contribution in [0.25, 0.3) is 11.1 Å². The molecule has 2 rings (SSSR count). The molecule has 0 radical (unpaired) electrons. The van der Waals surface area contributed by atoms with Crippen LogP contribution in [0.5, 0.6) is 5.75 Å². The lowest BCUT2D eigenvalue weighted by Crippen LogP contribution is -1.97. The maximum Gasteiger partial charge on any atom is 0.126 e. The zero-order valence-corrected chi connectivity index (χ0v) is 9.18. The van der Waals surface area contributed by atoms with E-state index in [1.165, 1.54) is 0 Å². The molecule has 0 saturated heterocycles. The van der Waals surface area contributed by atoms with E-state index in [0.717, 1.165) is 22.4 Å². The molecule has 0 unspecified atom stereocenters. The molecule has 16 heavy (non-hydrogen) atoms. The predicted octanol–water partition coefficient (Wildman–Crippen LogP) is 2.22. The van der Waals surface area contributed by atoms with Gasteiger partial charge in [0.1, 0.15) is 5.75 Å². The Kier molecular flexibility index (Phi) is 3.17. The first-order valence-electron chi connectivity index (χ1n) is 5.12. The molecule has 0 aliphatic heterocycles. The van der Waals surface area contributed by atoms with Crippen LogP contribution in [0.15, 0.2) is 42.7 Å². The van der Waals surface area contributed by atoms with Crippen molar-refractivity contribution < 1.29 is 4.74 Å². The van der Waals surface area contributed by atoms with Crippen molar-refractivity contribution in [2.45, 2.75) is 6.54 Å². The highest BCUT2D eigenvalue weighted by Gasteiger charge is 2.05. The van der Waals surface area contributed by atoms with Gasteiger partial charge < -0.3 is 10.5 Å². The molecule has 2 aromatic rings. The second kappa shape index (κ2) is 4.77. The fourth-order valence-corrected chi connectivity index (χ4v) is 1.63. The standard InChI is InChI=1S/C13H14N2O/c1-16-13-5-3-2-4-12(13)11-6-10(7-14)8-15-9-11/h2-6,8-9H,7,14H2,1H3. The van der Waals surface area contributed by atoms with Gasteiger partial charge in [0.2, 0.25) is 0 Å². The molecule has 1 aromatic heterocycles. The number of hydrogen-bond donors (Lipinski definition) is 1. The van der Waals surface area contributed by atoms with Gasteiger partial charge in [-0.25, -0.2) is 0 Å². The second-order valence-corrected chi connectivity index (χ2v) is 3.49. The Morgan fingerprint density at radius 1 is 1.25 bits per heavy atom. The van der Waals surface area contributed by atoms with Crippen LogP contribution in [0.1, 0.15) is 5.56 Å². The lowest BCUT2D eigenvalue weighted by atomic mass is 10.1. The zero-order chi connectivity index (χ0) is 11.4. The van der Waals surface area contributed by atoms with E-state index < -0.39 is 0 Å². The summed E-state index contributed by atoms with van der Waals surface area (Å²) in [6.07, 6.45) is 3.59. The first-order chi connectivity index (χ1) is 7.85. The van der Waals surface area contributed by atoms with Gasteiger partial charge in [-0.1, -0.05) is 18.2 Å². The first kappa shape index (κ1) is 10.6. The van der Waals surface area contributed by atoms with Crippen LogP contribution >= 0.6 is 0 Å². The fourth-order valence-electron chi connectivity index (χ4n) is 1.63. The Labute approximate surface area is 94.9 Å². The van der Waals surface area contributed by atoms with E-state index >= 15 is 0 Å². The number of nitrogens with zero attached hydrogens (tertiary/aromatic N) is 1. The minimum Gasteiger partial charge on any atom is -0.496 e. The summed E-state index contributed by atoms with van der Waals surface area (Å²) in [5.41, 5.74) is 8.68. The average molecular weight is 214 g/mol. The van der Waals surface area contributed by atoms with Crippen molar-refractivity contribution in [3.8, 4) is 16.9 Å². The van der Waals surface area contributed by atoms with Crippen LogP contribution in [0.3, 0.4) is 0 Å². The van der Waals surface area contributed by atoms with Crippen LogP contribution < -0.4 is 10.5 Å². The van der Waals surface area contributed by atoms with Gasteiger partial charge in [-0.2, -0.15) is 0 Å². The SMILES string of the molecule is COc1ccccc1-c1cncc(CN)c1. The average Bonchev–Trinajstić information content (AvgIpc) is 2.38. The smallest absolute Gasteiger partial charge is 0.126 e. The maximum atomic E-state index is 5.60. The molecule has 0 saturated carbocycles. The van der Waals surface area contributed by atoms with Crippen molar-refractivity contribution >= 4 is 0 Å². The highest BCUT2D eigenvalue weighted by atomic mass is 16.5. The van der Waals surface area contributed by atoms with E-state index in [4.69, 9.17) is 10.5 Å². The third kappa shape index (κ3) is 2.04. The molecule has 1 heterocycles. The first-order valence-corrected chi connectivity index (χ1v) is 5.12. The van der Waals surface area contributed by atoms with Gasteiger partial charge >= 0.3 is 0 Å². The highest BCUT2D eigenvalue weighted by molar-refractivity contribution is 5.70. The van der Waals surface area contributed by atoms with Crippen LogP contribution in [-0.2, 0) is 6.54 Å². The molecular formula is C13H14N2O. The number of aromatic nitrogens is 1. The maximum absolute atomic E-state index is 5.60. The molecule has 0 fully saturated rings. The number of ether oxygens (including phenoxy) is 1. The number of rotatable bonds is 3. The number of benzene rings is 1. The second-order valence-electron chi connectivity index (χ2n) is 3.49. The Balaban J connectivity index is 2.49. The quantitative estimate of drug-likeness (QED) is 0.852. The van der Waals surface area contributed by atoms with Gasteiger partial charge in [0, 0.05) is 30.1 Å². The summed E-state index contributed by atoms with van der Waals surface area (Å²) < 4.78 is 5.31. The molecule has 0 atom stereocenters. The summed E-state index contributed by atoms with van der Waals surface area (Å²) in [5, 5.41) is 0. The van der Waals surface area contributed by atoms with E-state index in [2.05, 4.69) is 4.98 Å². The van der Waals surface area contributed by atoms with E-state index in [0.29, 0.717) is 6.54 Å². The largest absolute Gasteiger partial charge is 0.496 e. The number of para-hydroxylation sites is 1. The van der Waals surface area contributed by atoms with Crippen LogP contribution in [-0.4, -0.2) is 12.1 Å². The minimum atomic E-state index is 0.496. The van der Waals surface area contributed by atoms with Gasteiger partial charge in [0.25, 0.3) is 0 Å². The monoisotopic (exact) mass is 214 g/mol. The summed E-state index contributed by atoms with van der Waals surface area (Å²) in [6, 6.07) is 9.90. The van der Waals surface area contributed by atoms with Gasteiger partial charge in [0.15, 0.2) is 0 Å². The van der Waals surface area contributed by atoms with Crippen molar-refractivity contribution in [3.63, 3.8) is 0 Å². The topological polar surface area (TPSA) is 48.1 Å². The van der Waals surface area contributed by atoms with Crippen molar-refractivity contribution in [2.75, 3.05) is 7.11 Å². The van der Waals surface area contributed by atoms with E-state index in [-0.39, 0.29) is 0 Å². The van der Waals surface area contributed by atoms with Gasteiger partial charge in [-0.3, -0.25) is 4.98 Å². The Hall–Kier alpha value is -1.87. The summed E-state index contributed by atoms with van der Waals surface area (Å²) in [4.78, 5) is 4.17. The molecule has 1 aromatic carbocycles.